The van der Waals surface area contributed by atoms with Gasteiger partial charge in [0.1, 0.15) is 0 Å². The van der Waals surface area contributed by atoms with E-state index < -0.39 is 0 Å². The van der Waals surface area contributed by atoms with Crippen LogP contribution in [0.2, 0.25) is 0 Å². The van der Waals surface area contributed by atoms with E-state index in [0.29, 0.717) is 18.2 Å². The molecule has 1 aromatic rings. The number of nitrogens with zero attached hydrogens (tertiary/aromatic N) is 2. The third kappa shape index (κ3) is 5.19. The fraction of sp³-hybridized carbons (Fsp3) is 0.667. The lowest BCUT2D eigenvalue weighted by Crippen LogP contribution is -2.41. The summed E-state index contributed by atoms with van der Waals surface area (Å²) in [6.45, 7) is 6.75. The number of carbonyl (C=O) groups excluding carboxylic acids is 2. The van der Waals surface area contributed by atoms with Crippen LogP contribution in [0.3, 0.4) is 0 Å². The molecule has 0 unspecified atom stereocenters. The summed E-state index contributed by atoms with van der Waals surface area (Å²) in [6.07, 6.45) is 3.97. The normalized spacial score (nSPS) is 23.7. The highest BCUT2D eigenvalue weighted by atomic mass is 35.5. The fourth-order valence-corrected chi connectivity index (χ4v) is 4.45. The first-order chi connectivity index (χ1) is 11.7. The maximum Gasteiger partial charge on any atom is 0.252 e. The largest absolute Gasteiger partial charge is 0.348 e. The van der Waals surface area contributed by atoms with Gasteiger partial charge in [-0.1, -0.05) is 13.3 Å². The molecule has 2 amide bonds. The number of amides is 2. The van der Waals surface area contributed by atoms with Gasteiger partial charge in [-0.3, -0.25) is 14.5 Å². The lowest BCUT2D eigenvalue weighted by Gasteiger charge is -2.21. The molecule has 140 valence electrons. The smallest absolute Gasteiger partial charge is 0.252 e. The summed E-state index contributed by atoms with van der Waals surface area (Å²) in [4.78, 5) is 28.5. The maximum atomic E-state index is 12.4. The summed E-state index contributed by atoms with van der Waals surface area (Å²) in [6, 6.07) is 2.09. The van der Waals surface area contributed by atoms with Gasteiger partial charge in [-0.25, -0.2) is 0 Å². The number of nitrogens with one attached hydrogen (secondary N) is 1. The Morgan fingerprint density at radius 1 is 1.36 bits per heavy atom. The first-order valence-electron chi connectivity index (χ1n) is 9.00. The van der Waals surface area contributed by atoms with E-state index in [1.165, 1.54) is 0 Å². The molecule has 1 aromatic heterocycles. The molecule has 2 fully saturated rings. The molecule has 0 aromatic carbocycles. The highest BCUT2D eigenvalue weighted by Gasteiger charge is 2.33. The Labute approximate surface area is 160 Å². The van der Waals surface area contributed by atoms with Crippen molar-refractivity contribution < 1.29 is 9.59 Å². The number of hydrogen-bond acceptors (Lipinski definition) is 4. The Hall–Kier alpha value is -1.11. The number of carbonyl (C=O) groups is 2. The minimum absolute atomic E-state index is 0. The van der Waals surface area contributed by atoms with Crippen LogP contribution in [0.25, 0.3) is 0 Å². The predicted molar refractivity (Wildman–Crippen MR) is 103 cm³/mol. The number of halogens is 1. The van der Waals surface area contributed by atoms with E-state index in [1.54, 1.807) is 11.3 Å². The fourth-order valence-electron chi connectivity index (χ4n) is 3.82. The van der Waals surface area contributed by atoms with Crippen LogP contribution >= 0.6 is 23.7 Å². The molecule has 5 nitrogen and oxygen atoms in total. The van der Waals surface area contributed by atoms with Crippen molar-refractivity contribution in [2.24, 2.45) is 5.92 Å². The van der Waals surface area contributed by atoms with Crippen LogP contribution in [-0.2, 0) is 4.79 Å². The molecule has 3 rings (SSSR count). The minimum Gasteiger partial charge on any atom is -0.348 e. The summed E-state index contributed by atoms with van der Waals surface area (Å²) in [5, 5.41) is 7.06. The van der Waals surface area contributed by atoms with Crippen LogP contribution in [0, 0.1) is 5.92 Å². The van der Waals surface area contributed by atoms with Gasteiger partial charge >= 0.3 is 0 Å². The molecule has 2 saturated heterocycles. The standard InChI is InChI=1S/C18H27N3O2S.ClH/c1-2-4-14-11-20(8-9-21-7-3-5-17(21)22)12-16(14)19-18(23)15-6-10-24-13-15;/h6,10,13-14,16H,2-5,7-9,11-12H2,1H3,(H,19,23);1H/t14-,16-;/m0./s1. The molecule has 0 bridgehead atoms. The van der Waals surface area contributed by atoms with Gasteiger partial charge in [-0.05, 0) is 30.2 Å². The second kappa shape index (κ2) is 9.55. The summed E-state index contributed by atoms with van der Waals surface area (Å²) >= 11 is 1.55. The Morgan fingerprint density at radius 3 is 2.84 bits per heavy atom. The van der Waals surface area contributed by atoms with Gasteiger partial charge in [0.25, 0.3) is 5.91 Å². The zero-order valence-corrected chi connectivity index (χ0v) is 16.4. The number of thiophene rings is 1. The molecule has 0 spiro atoms. The molecule has 3 heterocycles. The first kappa shape index (κ1) is 20.2. The lowest BCUT2D eigenvalue weighted by atomic mass is 9.98. The molecule has 2 atom stereocenters. The Bertz CT molecular complexity index is 567. The summed E-state index contributed by atoms with van der Waals surface area (Å²) in [5.41, 5.74) is 0.761. The number of hydrogen-bond donors (Lipinski definition) is 1. The van der Waals surface area contributed by atoms with E-state index in [1.807, 2.05) is 21.7 Å². The molecule has 1 N–H and O–H groups in total. The van der Waals surface area contributed by atoms with Gasteiger partial charge in [0.05, 0.1) is 0 Å². The molecular weight excluding hydrogens is 358 g/mol. The monoisotopic (exact) mass is 385 g/mol. The van der Waals surface area contributed by atoms with E-state index >= 15 is 0 Å². The molecule has 0 aliphatic carbocycles. The molecule has 0 radical (unpaired) electrons. The zero-order valence-electron chi connectivity index (χ0n) is 14.8. The minimum atomic E-state index is 0. The summed E-state index contributed by atoms with van der Waals surface area (Å²) in [5.74, 6) is 0.840. The zero-order chi connectivity index (χ0) is 16.9. The topological polar surface area (TPSA) is 52.6 Å². The maximum absolute atomic E-state index is 12.4. The van der Waals surface area contributed by atoms with E-state index in [2.05, 4.69) is 17.1 Å². The summed E-state index contributed by atoms with van der Waals surface area (Å²) in [7, 11) is 0. The van der Waals surface area contributed by atoms with Gasteiger partial charge in [0.15, 0.2) is 0 Å². The van der Waals surface area contributed by atoms with Crippen molar-refractivity contribution in [2.75, 3.05) is 32.7 Å². The van der Waals surface area contributed by atoms with Crippen molar-refractivity contribution in [1.29, 1.82) is 0 Å². The van der Waals surface area contributed by atoms with E-state index in [-0.39, 0.29) is 24.4 Å². The van der Waals surface area contributed by atoms with Gasteiger partial charge in [0, 0.05) is 56.1 Å². The van der Waals surface area contributed by atoms with E-state index in [0.717, 1.165) is 57.5 Å². The second-order valence-corrected chi connectivity index (χ2v) is 7.66. The van der Waals surface area contributed by atoms with Crippen molar-refractivity contribution in [1.82, 2.24) is 15.1 Å². The van der Waals surface area contributed by atoms with Gasteiger partial charge < -0.3 is 10.2 Å². The average molecular weight is 386 g/mol. The number of likely N-dealkylation sites (tertiary alicyclic amines) is 2. The van der Waals surface area contributed by atoms with Crippen molar-refractivity contribution in [3.63, 3.8) is 0 Å². The van der Waals surface area contributed by atoms with Crippen molar-refractivity contribution in [2.45, 2.75) is 38.6 Å². The van der Waals surface area contributed by atoms with Crippen molar-refractivity contribution in [3.8, 4) is 0 Å². The quantitative estimate of drug-likeness (QED) is 0.784. The predicted octanol–water partition coefficient (Wildman–Crippen LogP) is 2.62. The van der Waals surface area contributed by atoms with Gasteiger partial charge in [-0.2, -0.15) is 11.3 Å². The Morgan fingerprint density at radius 2 is 2.20 bits per heavy atom. The Balaban J connectivity index is 0.00000225. The van der Waals surface area contributed by atoms with Crippen LogP contribution in [0.5, 0.6) is 0 Å². The third-order valence-corrected chi connectivity index (χ3v) is 5.82. The SMILES string of the molecule is CCC[C@H]1CN(CCN2CCCC2=O)C[C@@H]1NC(=O)c1ccsc1.Cl. The average Bonchev–Trinajstić information content (AvgIpc) is 3.28. The van der Waals surface area contributed by atoms with Crippen LogP contribution < -0.4 is 5.32 Å². The van der Waals surface area contributed by atoms with Crippen molar-refractivity contribution >= 4 is 35.6 Å². The van der Waals surface area contributed by atoms with Crippen LogP contribution in [-0.4, -0.2) is 60.4 Å². The molecule has 0 saturated carbocycles. The molecule has 25 heavy (non-hydrogen) atoms. The van der Waals surface area contributed by atoms with Gasteiger partial charge in [0.2, 0.25) is 5.91 Å². The third-order valence-electron chi connectivity index (χ3n) is 5.13. The lowest BCUT2D eigenvalue weighted by molar-refractivity contribution is -0.127. The van der Waals surface area contributed by atoms with Crippen molar-refractivity contribution in [3.05, 3.63) is 22.4 Å². The molecular formula is C18H28ClN3O2S. The van der Waals surface area contributed by atoms with Crippen LogP contribution in [0.4, 0.5) is 0 Å². The molecule has 2 aliphatic rings. The number of rotatable bonds is 7. The summed E-state index contributed by atoms with van der Waals surface area (Å²) < 4.78 is 0. The Kier molecular flexibility index (Phi) is 7.72. The van der Waals surface area contributed by atoms with Crippen LogP contribution in [0.15, 0.2) is 16.8 Å². The first-order valence-corrected chi connectivity index (χ1v) is 9.95. The molecule has 2 aliphatic heterocycles. The van der Waals surface area contributed by atoms with Gasteiger partial charge in [-0.15, -0.1) is 12.4 Å². The van der Waals surface area contributed by atoms with E-state index in [4.69, 9.17) is 0 Å². The highest BCUT2D eigenvalue weighted by molar-refractivity contribution is 7.08. The van der Waals surface area contributed by atoms with E-state index in [9.17, 15) is 9.59 Å². The molecule has 7 heteroatoms. The highest BCUT2D eigenvalue weighted by Crippen LogP contribution is 2.22. The second-order valence-electron chi connectivity index (χ2n) is 6.88. The van der Waals surface area contributed by atoms with Crippen LogP contribution in [0.1, 0.15) is 43.0 Å².